The number of carbonyl (C=O) groups is 3. The molecule has 0 aromatic carbocycles. The third kappa shape index (κ3) is 7.31. The summed E-state index contributed by atoms with van der Waals surface area (Å²) >= 11 is 0. The van der Waals surface area contributed by atoms with Crippen LogP contribution in [0.3, 0.4) is 0 Å². The molecular weight excluding hydrogens is 353 g/mol. The molecule has 140 valence electrons. The maximum absolute atomic E-state index is 11.3. The molecule has 0 aromatic heterocycles. The number of rotatable bonds is 6. The van der Waals surface area contributed by atoms with Gasteiger partial charge in [-0.2, -0.15) is 0 Å². The number of hydrogen-bond donors (Lipinski definition) is 2. The van der Waals surface area contributed by atoms with Crippen LogP contribution in [0, 0.1) is 0 Å². The third-order valence-electron chi connectivity index (χ3n) is 3.50. The minimum atomic E-state index is -4.36. The lowest BCUT2D eigenvalue weighted by molar-refractivity contribution is -0.140. The van der Waals surface area contributed by atoms with Gasteiger partial charge in [0, 0.05) is 24.3 Å². The molecule has 1 atom stereocenters. The number of aliphatic hydroxyl groups excluding tert-OH is 1. The van der Waals surface area contributed by atoms with Crippen molar-refractivity contribution in [1.82, 2.24) is 4.90 Å². The maximum atomic E-state index is 11.3. The minimum absolute atomic E-state index is 0.128. The second kappa shape index (κ2) is 10.2. The first kappa shape index (κ1) is 21.2. The number of phosphoric acid groups is 1. The quantitative estimate of drug-likeness (QED) is 0.400. The molecular formula is C15H22NO8P. The van der Waals surface area contributed by atoms with Crippen LogP contribution in [0.5, 0.6) is 0 Å². The van der Waals surface area contributed by atoms with Crippen LogP contribution >= 0.6 is 7.82 Å². The Kier molecular flexibility index (Phi) is 8.71. The van der Waals surface area contributed by atoms with E-state index in [1.807, 2.05) is 0 Å². The van der Waals surface area contributed by atoms with Gasteiger partial charge in [0.2, 0.25) is 0 Å². The fraction of sp³-hybridized carbons (Fsp3) is 0.533. The number of amides is 2. The van der Waals surface area contributed by atoms with E-state index >= 15 is 0 Å². The van der Waals surface area contributed by atoms with Crippen molar-refractivity contribution < 1.29 is 38.0 Å². The van der Waals surface area contributed by atoms with Gasteiger partial charge in [0.15, 0.2) is 0 Å². The first-order chi connectivity index (χ1) is 11.8. The summed E-state index contributed by atoms with van der Waals surface area (Å²) in [5.41, 5.74) is 0. The van der Waals surface area contributed by atoms with Crippen molar-refractivity contribution in [2.24, 2.45) is 0 Å². The molecule has 0 spiro atoms. The van der Waals surface area contributed by atoms with Gasteiger partial charge in [0.1, 0.15) is 0 Å². The first-order valence-electron chi connectivity index (χ1n) is 7.80. The normalized spacial score (nSPS) is 19.8. The zero-order valence-electron chi connectivity index (χ0n) is 13.7. The highest BCUT2D eigenvalue weighted by molar-refractivity contribution is 7.48. The monoisotopic (exact) mass is 375 g/mol. The Morgan fingerprint density at radius 1 is 1.28 bits per heavy atom. The van der Waals surface area contributed by atoms with Crippen LogP contribution < -0.4 is 0 Å². The Morgan fingerprint density at radius 3 is 2.32 bits per heavy atom. The molecule has 2 amide bonds. The molecule has 10 heteroatoms. The Bertz CT molecular complexity index is 564. The van der Waals surface area contributed by atoms with Gasteiger partial charge in [-0.05, 0) is 12.8 Å². The van der Waals surface area contributed by atoms with Crippen LogP contribution in [0.4, 0.5) is 0 Å². The molecule has 1 unspecified atom stereocenters. The highest BCUT2D eigenvalue weighted by Gasteiger charge is 2.31. The predicted octanol–water partition coefficient (Wildman–Crippen LogP) is 1.07. The van der Waals surface area contributed by atoms with Crippen LogP contribution in [0.15, 0.2) is 24.8 Å². The van der Waals surface area contributed by atoms with Gasteiger partial charge in [-0.15, -0.1) is 0 Å². The Labute approximate surface area is 145 Å². The molecule has 0 saturated heterocycles. The van der Waals surface area contributed by atoms with E-state index < -0.39 is 20.4 Å². The Hall–Kier alpha value is -1.80. The van der Waals surface area contributed by atoms with Gasteiger partial charge >= 0.3 is 13.8 Å². The zero-order valence-corrected chi connectivity index (χ0v) is 14.6. The molecule has 1 aliphatic heterocycles. The van der Waals surface area contributed by atoms with Gasteiger partial charge in [-0.3, -0.25) is 23.9 Å². The SMILES string of the molecule is C=CC(=O)OP(=O)(O)OCCO.O=C1C=CC(=O)N1C1CCCCC1. The summed E-state index contributed by atoms with van der Waals surface area (Å²) in [5.74, 6) is -1.31. The summed E-state index contributed by atoms with van der Waals surface area (Å²) in [5, 5.41) is 8.20. The molecule has 9 nitrogen and oxygen atoms in total. The van der Waals surface area contributed by atoms with Crippen molar-refractivity contribution in [1.29, 1.82) is 0 Å². The number of phosphoric ester groups is 1. The topological polar surface area (TPSA) is 130 Å². The van der Waals surface area contributed by atoms with Crippen molar-refractivity contribution in [3.8, 4) is 0 Å². The van der Waals surface area contributed by atoms with Crippen molar-refractivity contribution in [3.05, 3.63) is 24.8 Å². The van der Waals surface area contributed by atoms with E-state index in [0.29, 0.717) is 0 Å². The largest absolute Gasteiger partial charge is 0.529 e. The molecule has 1 aliphatic carbocycles. The van der Waals surface area contributed by atoms with Gasteiger partial charge in [-0.1, -0.05) is 25.8 Å². The molecule has 2 N–H and O–H groups in total. The van der Waals surface area contributed by atoms with Crippen LogP contribution in [-0.2, 0) is 28.0 Å². The Balaban J connectivity index is 0.000000252. The summed E-state index contributed by atoms with van der Waals surface area (Å²) in [6, 6.07) is 0.170. The minimum Gasteiger partial charge on any atom is -0.394 e. The van der Waals surface area contributed by atoms with E-state index in [4.69, 9.17) is 10.00 Å². The summed E-state index contributed by atoms with van der Waals surface area (Å²) < 4.78 is 18.7. The van der Waals surface area contributed by atoms with Crippen LogP contribution in [0.2, 0.25) is 0 Å². The molecule has 2 rings (SSSR count). The Morgan fingerprint density at radius 2 is 1.84 bits per heavy atom. The lowest BCUT2D eigenvalue weighted by Gasteiger charge is -2.29. The first-order valence-corrected chi connectivity index (χ1v) is 9.29. The fourth-order valence-corrected chi connectivity index (χ4v) is 3.11. The number of carbonyl (C=O) groups excluding carboxylic acids is 3. The second-order valence-electron chi connectivity index (χ2n) is 5.31. The average molecular weight is 375 g/mol. The highest BCUT2D eigenvalue weighted by Crippen LogP contribution is 2.42. The van der Waals surface area contributed by atoms with Gasteiger partial charge in [0.05, 0.1) is 13.2 Å². The number of imide groups is 1. The standard InChI is InChI=1S/C10H13NO2.C5H9O6P/c12-9-6-7-10(13)11(9)8-4-2-1-3-5-8;1-2-5(7)11-12(8,9)10-4-3-6/h6-8H,1-5H2;2,6H,1,3-4H2,(H,8,9). The van der Waals surface area contributed by atoms with Gasteiger partial charge in [-0.25, -0.2) is 9.36 Å². The smallest absolute Gasteiger partial charge is 0.394 e. The van der Waals surface area contributed by atoms with E-state index in [1.54, 1.807) is 0 Å². The van der Waals surface area contributed by atoms with Crippen molar-refractivity contribution in [2.75, 3.05) is 13.2 Å². The molecule has 0 radical (unpaired) electrons. The lowest BCUT2D eigenvalue weighted by atomic mass is 9.94. The average Bonchev–Trinajstić information content (AvgIpc) is 2.92. The van der Waals surface area contributed by atoms with Crippen molar-refractivity contribution >= 4 is 25.6 Å². The van der Waals surface area contributed by atoms with Crippen LogP contribution in [0.1, 0.15) is 32.1 Å². The summed E-state index contributed by atoms with van der Waals surface area (Å²) in [4.78, 5) is 43.1. The summed E-state index contributed by atoms with van der Waals surface area (Å²) in [6.07, 6.45) is 8.96. The second-order valence-corrected chi connectivity index (χ2v) is 6.69. The number of hydrogen-bond acceptors (Lipinski definition) is 7. The molecule has 0 aromatic rings. The summed E-state index contributed by atoms with van der Waals surface area (Å²) in [6.45, 7) is 2.20. The molecule has 25 heavy (non-hydrogen) atoms. The number of nitrogens with zero attached hydrogens (tertiary/aromatic N) is 1. The van der Waals surface area contributed by atoms with Crippen LogP contribution in [0.25, 0.3) is 0 Å². The van der Waals surface area contributed by atoms with Gasteiger partial charge in [0.25, 0.3) is 11.8 Å². The van der Waals surface area contributed by atoms with Gasteiger partial charge < -0.3 is 9.63 Å². The van der Waals surface area contributed by atoms with Crippen molar-refractivity contribution in [3.63, 3.8) is 0 Å². The molecule has 1 saturated carbocycles. The predicted molar refractivity (Wildman–Crippen MR) is 87.0 cm³/mol. The maximum Gasteiger partial charge on any atom is 0.529 e. The summed E-state index contributed by atoms with van der Waals surface area (Å²) in [7, 11) is -4.36. The van der Waals surface area contributed by atoms with E-state index in [0.717, 1.165) is 31.8 Å². The molecule has 0 bridgehead atoms. The molecule has 1 heterocycles. The fourth-order valence-electron chi connectivity index (χ4n) is 2.44. The van der Waals surface area contributed by atoms with E-state index in [9.17, 15) is 18.9 Å². The van der Waals surface area contributed by atoms with Crippen molar-refractivity contribution in [2.45, 2.75) is 38.1 Å². The van der Waals surface area contributed by atoms with E-state index in [-0.39, 0.29) is 24.5 Å². The lowest BCUT2D eigenvalue weighted by Crippen LogP contribution is -2.41. The zero-order chi connectivity index (χ0) is 18.9. The van der Waals surface area contributed by atoms with Crippen LogP contribution in [-0.4, -0.2) is 51.9 Å². The number of aliphatic hydroxyl groups is 1. The highest BCUT2D eigenvalue weighted by atomic mass is 31.2. The molecule has 2 aliphatic rings. The van der Waals surface area contributed by atoms with E-state index in [1.165, 1.54) is 23.5 Å². The third-order valence-corrected chi connectivity index (χ3v) is 4.42. The van der Waals surface area contributed by atoms with E-state index in [2.05, 4.69) is 15.6 Å². The molecule has 1 fully saturated rings.